The lowest BCUT2D eigenvalue weighted by Gasteiger charge is -2.61. The van der Waals surface area contributed by atoms with Crippen LogP contribution in [0.4, 0.5) is 11.4 Å². The fourth-order valence-electron chi connectivity index (χ4n) is 3.81. The molecule has 0 saturated carbocycles. The molecule has 1 aromatic rings. The number of nitrogens with zero attached hydrogens (tertiary/aromatic N) is 2. The van der Waals surface area contributed by atoms with Crippen LogP contribution in [0.3, 0.4) is 0 Å². The van der Waals surface area contributed by atoms with Gasteiger partial charge in [-0.1, -0.05) is 13.8 Å². The van der Waals surface area contributed by atoms with Gasteiger partial charge < -0.3 is 9.80 Å². The molecule has 1 aromatic carbocycles. The monoisotopic (exact) mass is 393 g/mol. The van der Waals surface area contributed by atoms with Crippen LogP contribution in [-0.4, -0.2) is 50.2 Å². The first-order valence-electron chi connectivity index (χ1n) is 9.68. The maximum atomic E-state index is 12.5. The minimum absolute atomic E-state index is 0.00979. The summed E-state index contributed by atoms with van der Waals surface area (Å²) in [7, 11) is -3.74. The second-order valence-corrected chi connectivity index (χ2v) is 10.6. The number of nitrogens with one attached hydrogen (secondary N) is 1. The Morgan fingerprint density at radius 1 is 1.04 bits per heavy atom. The van der Waals surface area contributed by atoms with Crippen LogP contribution >= 0.6 is 0 Å². The molecule has 0 atom stereocenters. The standard InChI is InChI=1S/C20H31N3O3S/c1-19(2)15-23(20(19,3)4)18(24)14-27(25,26)21-16-8-10-17(11-9-16)22-12-6-5-7-13-22/h8-11,21H,5-7,12-15H2,1-4H3. The van der Waals surface area contributed by atoms with Gasteiger partial charge in [-0.05, 0) is 57.4 Å². The molecule has 27 heavy (non-hydrogen) atoms. The highest BCUT2D eigenvalue weighted by atomic mass is 32.2. The Morgan fingerprint density at radius 3 is 2.15 bits per heavy atom. The number of hydrogen-bond donors (Lipinski definition) is 1. The Kier molecular flexibility index (Phi) is 5.18. The fraction of sp³-hybridized carbons (Fsp3) is 0.650. The van der Waals surface area contributed by atoms with Crippen molar-refractivity contribution in [1.29, 1.82) is 0 Å². The number of likely N-dealkylation sites (tertiary alicyclic amines) is 1. The van der Waals surface area contributed by atoms with Gasteiger partial charge in [0, 0.05) is 42.0 Å². The van der Waals surface area contributed by atoms with E-state index in [1.54, 1.807) is 17.0 Å². The average molecular weight is 394 g/mol. The van der Waals surface area contributed by atoms with E-state index < -0.39 is 15.8 Å². The quantitative estimate of drug-likeness (QED) is 0.835. The molecule has 2 heterocycles. The van der Waals surface area contributed by atoms with Crippen molar-refractivity contribution in [3.05, 3.63) is 24.3 Å². The SMILES string of the molecule is CC1(C)CN(C(=O)CS(=O)(=O)Nc2ccc(N3CCCCC3)cc2)C1(C)C. The highest BCUT2D eigenvalue weighted by Gasteiger charge is 2.54. The molecule has 0 spiro atoms. The second kappa shape index (κ2) is 7.00. The number of anilines is 2. The summed E-state index contributed by atoms with van der Waals surface area (Å²) >= 11 is 0. The Bertz CT molecular complexity index is 794. The summed E-state index contributed by atoms with van der Waals surface area (Å²) in [5.41, 5.74) is 1.25. The van der Waals surface area contributed by atoms with Gasteiger partial charge in [0.1, 0.15) is 5.75 Å². The molecule has 2 aliphatic heterocycles. The van der Waals surface area contributed by atoms with Gasteiger partial charge in [0.25, 0.3) is 0 Å². The van der Waals surface area contributed by atoms with Crippen LogP contribution < -0.4 is 9.62 Å². The summed E-state index contributed by atoms with van der Waals surface area (Å²) in [6, 6.07) is 7.41. The van der Waals surface area contributed by atoms with E-state index in [2.05, 4.69) is 23.5 Å². The van der Waals surface area contributed by atoms with Gasteiger partial charge in [0.05, 0.1) is 0 Å². The number of benzene rings is 1. The topological polar surface area (TPSA) is 69.7 Å². The second-order valence-electron chi connectivity index (χ2n) is 8.88. The maximum absolute atomic E-state index is 12.5. The molecule has 7 heteroatoms. The van der Waals surface area contributed by atoms with Crippen molar-refractivity contribution in [1.82, 2.24) is 4.90 Å². The molecule has 0 aromatic heterocycles. The molecular weight excluding hydrogens is 362 g/mol. The highest BCUT2D eigenvalue weighted by molar-refractivity contribution is 7.93. The Balaban J connectivity index is 1.60. The summed E-state index contributed by atoms with van der Waals surface area (Å²) in [6.45, 7) is 10.8. The van der Waals surface area contributed by atoms with Gasteiger partial charge in [0.2, 0.25) is 15.9 Å². The molecule has 0 radical (unpaired) electrons. The van der Waals surface area contributed by atoms with Gasteiger partial charge in [-0.2, -0.15) is 0 Å². The van der Waals surface area contributed by atoms with Crippen LogP contribution in [0.5, 0.6) is 0 Å². The van der Waals surface area contributed by atoms with Crippen molar-refractivity contribution in [3.8, 4) is 0 Å². The summed E-state index contributed by atoms with van der Waals surface area (Å²) in [5, 5.41) is 0. The van der Waals surface area contributed by atoms with Crippen molar-refractivity contribution in [2.75, 3.05) is 35.0 Å². The van der Waals surface area contributed by atoms with Crippen molar-refractivity contribution < 1.29 is 13.2 Å². The smallest absolute Gasteiger partial charge is 0.241 e. The Labute approximate surface area is 163 Å². The van der Waals surface area contributed by atoms with Crippen LogP contribution in [-0.2, 0) is 14.8 Å². The van der Waals surface area contributed by atoms with Gasteiger partial charge in [-0.25, -0.2) is 8.42 Å². The first kappa shape index (κ1) is 20.0. The summed E-state index contributed by atoms with van der Waals surface area (Å²) < 4.78 is 27.4. The number of carbonyl (C=O) groups is 1. The first-order chi connectivity index (χ1) is 12.5. The maximum Gasteiger partial charge on any atom is 0.241 e. The van der Waals surface area contributed by atoms with Crippen LogP contribution in [0.2, 0.25) is 0 Å². The molecule has 6 nitrogen and oxygen atoms in total. The van der Waals surface area contributed by atoms with Gasteiger partial charge in [0.15, 0.2) is 0 Å². The van der Waals surface area contributed by atoms with Gasteiger partial charge in [-0.3, -0.25) is 9.52 Å². The number of carbonyl (C=O) groups excluding carboxylic acids is 1. The molecule has 3 rings (SSSR count). The minimum Gasteiger partial charge on any atom is -0.372 e. The lowest BCUT2D eigenvalue weighted by Crippen LogP contribution is -2.71. The number of piperidine rings is 1. The zero-order valence-corrected chi connectivity index (χ0v) is 17.6. The van der Waals surface area contributed by atoms with E-state index in [0.29, 0.717) is 12.2 Å². The van der Waals surface area contributed by atoms with E-state index in [9.17, 15) is 13.2 Å². The largest absolute Gasteiger partial charge is 0.372 e. The molecule has 0 unspecified atom stereocenters. The first-order valence-corrected chi connectivity index (χ1v) is 11.3. The van der Waals surface area contributed by atoms with Gasteiger partial charge in [-0.15, -0.1) is 0 Å². The summed E-state index contributed by atoms with van der Waals surface area (Å²) in [6.07, 6.45) is 3.66. The molecule has 1 amide bonds. The molecule has 2 aliphatic rings. The van der Waals surface area contributed by atoms with Crippen molar-refractivity contribution in [2.24, 2.45) is 5.41 Å². The number of amides is 1. The van der Waals surface area contributed by atoms with Crippen LogP contribution in [0.25, 0.3) is 0 Å². The third kappa shape index (κ3) is 4.08. The van der Waals surface area contributed by atoms with Crippen molar-refractivity contribution >= 4 is 27.3 Å². The third-order valence-corrected chi connectivity index (χ3v) is 7.53. The number of sulfonamides is 1. The highest BCUT2D eigenvalue weighted by Crippen LogP contribution is 2.46. The van der Waals surface area contributed by atoms with E-state index >= 15 is 0 Å². The van der Waals surface area contributed by atoms with E-state index in [-0.39, 0.29) is 16.9 Å². The lowest BCUT2D eigenvalue weighted by molar-refractivity contribution is -0.164. The molecule has 1 N–H and O–H groups in total. The third-order valence-electron chi connectivity index (χ3n) is 6.36. The summed E-state index contributed by atoms with van der Waals surface area (Å²) in [5.74, 6) is -0.878. The van der Waals surface area contributed by atoms with E-state index in [0.717, 1.165) is 18.8 Å². The van der Waals surface area contributed by atoms with Gasteiger partial charge >= 0.3 is 0 Å². The molecule has 0 bridgehead atoms. The van der Waals surface area contributed by atoms with Crippen LogP contribution in [0, 0.1) is 5.41 Å². The van der Waals surface area contributed by atoms with Crippen LogP contribution in [0.1, 0.15) is 47.0 Å². The summed E-state index contributed by atoms with van der Waals surface area (Å²) in [4.78, 5) is 16.5. The zero-order chi connectivity index (χ0) is 19.9. The normalized spacial score (nSPS) is 21.5. The van der Waals surface area contributed by atoms with E-state index in [1.807, 2.05) is 26.0 Å². The molecule has 2 saturated heterocycles. The number of hydrogen-bond acceptors (Lipinski definition) is 4. The van der Waals surface area contributed by atoms with Crippen molar-refractivity contribution in [2.45, 2.75) is 52.5 Å². The molecule has 150 valence electrons. The lowest BCUT2D eigenvalue weighted by atomic mass is 9.65. The Hall–Kier alpha value is -1.76. The Morgan fingerprint density at radius 2 is 1.63 bits per heavy atom. The van der Waals surface area contributed by atoms with Crippen LogP contribution in [0.15, 0.2) is 24.3 Å². The van der Waals surface area contributed by atoms with E-state index in [1.165, 1.54) is 19.3 Å². The fourth-order valence-corrected chi connectivity index (χ4v) is 4.86. The van der Waals surface area contributed by atoms with E-state index in [4.69, 9.17) is 0 Å². The molecule has 0 aliphatic carbocycles. The zero-order valence-electron chi connectivity index (χ0n) is 16.8. The predicted molar refractivity (Wildman–Crippen MR) is 109 cm³/mol. The molecule has 2 fully saturated rings. The number of rotatable bonds is 5. The minimum atomic E-state index is -3.74. The average Bonchev–Trinajstić information content (AvgIpc) is 2.60. The van der Waals surface area contributed by atoms with Crippen molar-refractivity contribution in [3.63, 3.8) is 0 Å². The molecular formula is C20H31N3O3S. The predicted octanol–water partition coefficient (Wildman–Crippen LogP) is 3.07.